The average molecular weight is 213 g/mol. The van der Waals surface area contributed by atoms with Crippen molar-refractivity contribution < 1.29 is 4.74 Å². The van der Waals surface area contributed by atoms with Gasteiger partial charge in [0.2, 0.25) is 0 Å². The minimum atomic E-state index is 0.615. The first kappa shape index (κ1) is 10.9. The molecule has 0 aliphatic rings. The Morgan fingerprint density at radius 3 is 2.71 bits per heavy atom. The molecule has 1 aromatic rings. The molecule has 1 rings (SSSR count). The lowest BCUT2D eigenvalue weighted by Crippen LogP contribution is -2.06. The number of rotatable bonds is 3. The van der Waals surface area contributed by atoms with E-state index in [-0.39, 0.29) is 0 Å². The summed E-state index contributed by atoms with van der Waals surface area (Å²) in [6, 6.07) is 5.36. The van der Waals surface area contributed by atoms with Crippen molar-refractivity contribution in [2.24, 2.45) is 4.99 Å². The Bertz CT molecular complexity index is 337. The molecule has 0 N–H and O–H groups in total. The molecule has 0 aliphatic heterocycles. The molecule has 14 heavy (non-hydrogen) atoms. The van der Waals surface area contributed by atoms with E-state index in [2.05, 4.69) is 4.99 Å². The molecule has 0 saturated carbocycles. The van der Waals surface area contributed by atoms with E-state index in [4.69, 9.17) is 16.3 Å². The average Bonchev–Trinajstić information content (AvgIpc) is 2.16. The van der Waals surface area contributed by atoms with E-state index in [0.29, 0.717) is 10.7 Å². The molecular weight excluding hydrogens is 200 g/mol. The number of hydrogen-bond donors (Lipinski definition) is 0. The van der Waals surface area contributed by atoms with E-state index in [0.717, 1.165) is 5.75 Å². The number of aliphatic imine (C=N–C) groups is 1. The van der Waals surface area contributed by atoms with Gasteiger partial charge in [-0.05, 0) is 12.1 Å². The molecule has 4 heteroatoms. The van der Waals surface area contributed by atoms with Crippen molar-refractivity contribution in [3.8, 4) is 5.75 Å². The predicted octanol–water partition coefficient (Wildman–Crippen LogP) is 2.57. The van der Waals surface area contributed by atoms with Gasteiger partial charge in [0.25, 0.3) is 0 Å². The molecular formula is C10H13ClN2O. The largest absolute Gasteiger partial charge is 0.497 e. The van der Waals surface area contributed by atoms with Crippen LogP contribution in [0.15, 0.2) is 23.2 Å². The Hall–Kier alpha value is -1.22. The van der Waals surface area contributed by atoms with Crippen molar-refractivity contribution in [2.45, 2.75) is 0 Å². The zero-order valence-corrected chi connectivity index (χ0v) is 9.25. The van der Waals surface area contributed by atoms with E-state index in [1.165, 1.54) is 0 Å². The molecule has 0 aromatic heterocycles. The van der Waals surface area contributed by atoms with Gasteiger partial charge < -0.3 is 9.64 Å². The van der Waals surface area contributed by atoms with Crippen LogP contribution >= 0.6 is 11.6 Å². The summed E-state index contributed by atoms with van der Waals surface area (Å²) in [5.41, 5.74) is 0.708. The highest BCUT2D eigenvalue weighted by Crippen LogP contribution is 2.28. The lowest BCUT2D eigenvalue weighted by Gasteiger charge is -2.05. The maximum absolute atomic E-state index is 5.95. The van der Waals surface area contributed by atoms with E-state index >= 15 is 0 Å². The lowest BCUT2D eigenvalue weighted by atomic mass is 10.3. The quantitative estimate of drug-likeness (QED) is 0.568. The molecule has 0 atom stereocenters. The molecule has 1 aromatic carbocycles. The summed E-state index contributed by atoms with van der Waals surface area (Å²) >= 11 is 5.95. The van der Waals surface area contributed by atoms with Crippen molar-refractivity contribution in [3.05, 3.63) is 23.2 Å². The van der Waals surface area contributed by atoms with Crippen molar-refractivity contribution in [1.29, 1.82) is 0 Å². The number of nitrogens with zero attached hydrogens (tertiary/aromatic N) is 2. The zero-order valence-electron chi connectivity index (χ0n) is 8.49. The van der Waals surface area contributed by atoms with Crippen LogP contribution in [-0.2, 0) is 0 Å². The molecule has 0 bridgehead atoms. The van der Waals surface area contributed by atoms with Crippen LogP contribution in [-0.4, -0.2) is 32.4 Å². The lowest BCUT2D eigenvalue weighted by molar-refractivity contribution is 0.415. The summed E-state index contributed by atoms with van der Waals surface area (Å²) < 4.78 is 5.07. The van der Waals surface area contributed by atoms with Gasteiger partial charge in [0.1, 0.15) is 5.75 Å². The fraction of sp³-hybridized carbons (Fsp3) is 0.300. The molecule has 0 radical (unpaired) electrons. The number of ether oxygens (including phenoxy) is 1. The summed E-state index contributed by atoms with van der Waals surface area (Å²) in [6.45, 7) is 0. The summed E-state index contributed by atoms with van der Waals surface area (Å²) in [5, 5.41) is 0.615. The summed E-state index contributed by atoms with van der Waals surface area (Å²) in [4.78, 5) is 6.05. The van der Waals surface area contributed by atoms with E-state index in [9.17, 15) is 0 Å². The van der Waals surface area contributed by atoms with Crippen LogP contribution in [0, 0.1) is 0 Å². The predicted molar refractivity (Wildman–Crippen MR) is 59.8 cm³/mol. The second-order valence-corrected chi connectivity index (χ2v) is 3.43. The first-order valence-corrected chi connectivity index (χ1v) is 4.55. The van der Waals surface area contributed by atoms with Gasteiger partial charge in [0.15, 0.2) is 0 Å². The van der Waals surface area contributed by atoms with Crippen LogP contribution in [0.3, 0.4) is 0 Å². The molecule has 0 aliphatic carbocycles. The standard InChI is InChI=1S/C10H13ClN2O/c1-13(2)7-12-10-6-8(14-3)4-5-9(10)11/h4-7H,1-3H3. The number of halogens is 1. The Kier molecular flexibility index (Phi) is 3.77. The van der Waals surface area contributed by atoms with Gasteiger partial charge in [-0.1, -0.05) is 11.6 Å². The number of methoxy groups -OCH3 is 1. The first-order valence-electron chi connectivity index (χ1n) is 4.17. The zero-order chi connectivity index (χ0) is 10.6. The fourth-order valence-corrected chi connectivity index (χ4v) is 1.06. The second kappa shape index (κ2) is 4.86. The molecule has 0 fully saturated rings. The van der Waals surface area contributed by atoms with Crippen LogP contribution < -0.4 is 4.74 Å². The monoisotopic (exact) mass is 212 g/mol. The smallest absolute Gasteiger partial charge is 0.121 e. The maximum atomic E-state index is 5.95. The molecule has 0 heterocycles. The third-order valence-electron chi connectivity index (χ3n) is 1.58. The van der Waals surface area contributed by atoms with Crippen LogP contribution in [0.2, 0.25) is 5.02 Å². The Balaban J connectivity index is 2.94. The van der Waals surface area contributed by atoms with Gasteiger partial charge in [-0.25, -0.2) is 4.99 Å². The van der Waals surface area contributed by atoms with Crippen molar-refractivity contribution in [1.82, 2.24) is 4.90 Å². The van der Waals surface area contributed by atoms with Crippen LogP contribution in [0.25, 0.3) is 0 Å². The Labute approximate surface area is 89.0 Å². The van der Waals surface area contributed by atoms with Gasteiger partial charge in [-0.2, -0.15) is 0 Å². The SMILES string of the molecule is COc1ccc(Cl)c(N=CN(C)C)c1. The fourth-order valence-electron chi connectivity index (χ4n) is 0.896. The highest BCUT2D eigenvalue weighted by molar-refractivity contribution is 6.33. The summed E-state index contributed by atoms with van der Waals surface area (Å²) in [6.07, 6.45) is 1.70. The highest BCUT2D eigenvalue weighted by Gasteiger charge is 1.99. The topological polar surface area (TPSA) is 24.8 Å². The van der Waals surface area contributed by atoms with E-state index in [1.807, 2.05) is 19.0 Å². The van der Waals surface area contributed by atoms with Crippen molar-refractivity contribution >= 4 is 23.6 Å². The van der Waals surface area contributed by atoms with E-state index in [1.54, 1.807) is 31.6 Å². The second-order valence-electron chi connectivity index (χ2n) is 3.03. The van der Waals surface area contributed by atoms with Crippen LogP contribution in [0.4, 0.5) is 5.69 Å². The number of hydrogen-bond acceptors (Lipinski definition) is 2. The molecule has 0 saturated heterocycles. The molecule has 0 spiro atoms. The minimum absolute atomic E-state index is 0.615. The normalized spacial score (nSPS) is 10.6. The van der Waals surface area contributed by atoms with Gasteiger partial charge >= 0.3 is 0 Å². The van der Waals surface area contributed by atoms with Crippen LogP contribution in [0.1, 0.15) is 0 Å². The highest BCUT2D eigenvalue weighted by atomic mass is 35.5. The van der Waals surface area contributed by atoms with Gasteiger partial charge in [-0.3, -0.25) is 0 Å². The van der Waals surface area contributed by atoms with Crippen molar-refractivity contribution in [3.63, 3.8) is 0 Å². The van der Waals surface area contributed by atoms with Crippen LogP contribution in [0.5, 0.6) is 5.75 Å². The van der Waals surface area contributed by atoms with Gasteiger partial charge in [0.05, 0.1) is 24.2 Å². The van der Waals surface area contributed by atoms with Gasteiger partial charge in [-0.15, -0.1) is 0 Å². The molecule has 0 unspecified atom stereocenters. The third-order valence-corrected chi connectivity index (χ3v) is 1.90. The van der Waals surface area contributed by atoms with E-state index < -0.39 is 0 Å². The van der Waals surface area contributed by atoms with Gasteiger partial charge in [0, 0.05) is 20.2 Å². The first-order chi connectivity index (χ1) is 6.63. The molecule has 0 amide bonds. The van der Waals surface area contributed by atoms with Crippen molar-refractivity contribution in [2.75, 3.05) is 21.2 Å². The third kappa shape index (κ3) is 2.92. The molecule has 3 nitrogen and oxygen atoms in total. The summed E-state index contributed by atoms with van der Waals surface area (Å²) in [7, 11) is 5.41. The Morgan fingerprint density at radius 2 is 2.14 bits per heavy atom. The minimum Gasteiger partial charge on any atom is -0.497 e. The number of benzene rings is 1. The maximum Gasteiger partial charge on any atom is 0.121 e. The molecule has 76 valence electrons. The Morgan fingerprint density at radius 1 is 1.43 bits per heavy atom. The summed E-state index contributed by atoms with van der Waals surface area (Å²) in [5.74, 6) is 0.750.